The van der Waals surface area contributed by atoms with E-state index in [-0.39, 0.29) is 16.3 Å². The van der Waals surface area contributed by atoms with Crippen LogP contribution >= 0.6 is 27.5 Å². The molecule has 0 saturated heterocycles. The summed E-state index contributed by atoms with van der Waals surface area (Å²) in [5.74, 6) is -0.101. The molecule has 0 aromatic heterocycles. The average molecular weight is 361 g/mol. The number of anilines is 1. The predicted molar refractivity (Wildman–Crippen MR) is 80.9 cm³/mol. The molecule has 2 N–H and O–H groups in total. The molecule has 0 saturated carbocycles. The minimum atomic E-state index is -3.46. The summed E-state index contributed by atoms with van der Waals surface area (Å²) in [5.41, 5.74) is 6.67. The molecule has 0 aliphatic rings. The molecule has 0 unspecified atom stereocenters. The second-order valence-corrected chi connectivity index (χ2v) is 7.38. The van der Waals surface area contributed by atoms with Crippen LogP contribution in [0.1, 0.15) is 5.56 Å². The molecule has 100 valence electrons. The van der Waals surface area contributed by atoms with E-state index in [0.717, 1.165) is 4.47 Å². The lowest BCUT2D eigenvalue weighted by atomic mass is 10.2. The highest BCUT2D eigenvalue weighted by Crippen LogP contribution is 2.26. The minimum absolute atomic E-state index is 0.101. The van der Waals surface area contributed by atoms with Crippen molar-refractivity contribution in [1.29, 1.82) is 0 Å². The van der Waals surface area contributed by atoms with Gasteiger partial charge in [-0.2, -0.15) is 0 Å². The summed E-state index contributed by atoms with van der Waals surface area (Å²) >= 11 is 9.02. The first kappa shape index (κ1) is 14.4. The summed E-state index contributed by atoms with van der Waals surface area (Å²) in [5, 5.41) is 0.573. The molecule has 0 aliphatic carbocycles. The summed E-state index contributed by atoms with van der Waals surface area (Å²) in [6.07, 6.45) is 0. The van der Waals surface area contributed by atoms with Gasteiger partial charge < -0.3 is 5.73 Å². The van der Waals surface area contributed by atoms with Gasteiger partial charge in [-0.3, -0.25) is 0 Å². The molecule has 0 spiro atoms. The minimum Gasteiger partial charge on any atom is -0.398 e. The smallest absolute Gasteiger partial charge is 0.184 e. The Morgan fingerprint density at radius 1 is 1.11 bits per heavy atom. The molecule has 0 atom stereocenters. The van der Waals surface area contributed by atoms with E-state index in [1.165, 1.54) is 6.07 Å². The Balaban J connectivity index is 2.35. The first-order valence-electron chi connectivity index (χ1n) is 5.41. The Kier molecular flexibility index (Phi) is 4.18. The molecule has 6 heteroatoms. The van der Waals surface area contributed by atoms with Gasteiger partial charge in [-0.05, 0) is 35.9 Å². The quantitative estimate of drug-likeness (QED) is 0.850. The van der Waals surface area contributed by atoms with Crippen LogP contribution in [0.5, 0.6) is 0 Å². The van der Waals surface area contributed by atoms with Crippen molar-refractivity contribution >= 4 is 43.1 Å². The fourth-order valence-corrected chi connectivity index (χ4v) is 3.67. The summed E-state index contributed by atoms with van der Waals surface area (Å²) in [6.45, 7) is 0. The number of sulfone groups is 1. The number of nitrogens with two attached hydrogens (primary N) is 1. The van der Waals surface area contributed by atoms with Gasteiger partial charge in [0.2, 0.25) is 0 Å². The maximum Gasteiger partial charge on any atom is 0.184 e. The highest BCUT2D eigenvalue weighted by molar-refractivity contribution is 9.10. The van der Waals surface area contributed by atoms with Crippen molar-refractivity contribution in [1.82, 2.24) is 0 Å². The Morgan fingerprint density at radius 2 is 1.74 bits per heavy atom. The van der Waals surface area contributed by atoms with Crippen LogP contribution < -0.4 is 5.73 Å². The molecule has 2 aromatic carbocycles. The van der Waals surface area contributed by atoms with Crippen LogP contribution in [0.25, 0.3) is 0 Å². The molecule has 0 amide bonds. The maximum atomic E-state index is 12.3. The number of halogens is 2. The number of hydrogen-bond donors (Lipinski definition) is 1. The largest absolute Gasteiger partial charge is 0.398 e. The van der Waals surface area contributed by atoms with E-state index in [2.05, 4.69) is 15.9 Å². The lowest BCUT2D eigenvalue weighted by Crippen LogP contribution is -2.07. The van der Waals surface area contributed by atoms with Crippen molar-refractivity contribution < 1.29 is 8.42 Å². The van der Waals surface area contributed by atoms with E-state index in [0.29, 0.717) is 10.6 Å². The van der Waals surface area contributed by atoms with Gasteiger partial charge in [0, 0.05) is 9.50 Å². The van der Waals surface area contributed by atoms with Crippen LogP contribution in [0.4, 0.5) is 5.69 Å². The van der Waals surface area contributed by atoms with Gasteiger partial charge in [0.15, 0.2) is 9.84 Å². The maximum absolute atomic E-state index is 12.3. The summed E-state index contributed by atoms with van der Waals surface area (Å²) < 4.78 is 25.3. The predicted octanol–water partition coefficient (Wildman–Crippen LogP) is 3.66. The highest BCUT2D eigenvalue weighted by atomic mass is 79.9. The Labute approximate surface area is 125 Å². The molecule has 0 aliphatic heterocycles. The second-order valence-electron chi connectivity index (χ2n) is 4.07. The lowest BCUT2D eigenvalue weighted by molar-refractivity contribution is 0.595. The summed E-state index contributed by atoms with van der Waals surface area (Å²) in [7, 11) is -3.46. The third kappa shape index (κ3) is 3.49. The van der Waals surface area contributed by atoms with E-state index in [4.69, 9.17) is 17.3 Å². The Hall–Kier alpha value is -1.04. The molecule has 3 nitrogen and oxygen atoms in total. The SMILES string of the molecule is Nc1cc(Br)ccc1S(=O)(=O)Cc1ccc(Cl)cc1. The van der Waals surface area contributed by atoms with E-state index in [1.54, 1.807) is 36.4 Å². The second kappa shape index (κ2) is 5.53. The number of benzene rings is 2. The highest BCUT2D eigenvalue weighted by Gasteiger charge is 2.18. The van der Waals surface area contributed by atoms with Crippen molar-refractivity contribution in [2.24, 2.45) is 0 Å². The molecule has 0 radical (unpaired) electrons. The third-order valence-electron chi connectivity index (χ3n) is 2.58. The van der Waals surface area contributed by atoms with Gasteiger partial charge in [-0.15, -0.1) is 0 Å². The number of nitrogen functional groups attached to an aromatic ring is 1. The normalized spacial score (nSPS) is 11.5. The molecule has 19 heavy (non-hydrogen) atoms. The Bertz CT molecular complexity index is 699. The van der Waals surface area contributed by atoms with Crippen LogP contribution in [0.15, 0.2) is 51.8 Å². The zero-order valence-electron chi connectivity index (χ0n) is 9.81. The van der Waals surface area contributed by atoms with E-state index >= 15 is 0 Å². The van der Waals surface area contributed by atoms with Gasteiger partial charge in [0.25, 0.3) is 0 Å². The molecule has 2 aromatic rings. The molecule has 2 rings (SSSR count). The zero-order chi connectivity index (χ0) is 14.0. The van der Waals surface area contributed by atoms with Crippen LogP contribution in [-0.2, 0) is 15.6 Å². The summed E-state index contributed by atoms with van der Waals surface area (Å²) in [6, 6.07) is 11.4. The van der Waals surface area contributed by atoms with Crippen LogP contribution in [0.3, 0.4) is 0 Å². The van der Waals surface area contributed by atoms with E-state index in [1.807, 2.05) is 0 Å². The lowest BCUT2D eigenvalue weighted by Gasteiger charge is -2.08. The zero-order valence-corrected chi connectivity index (χ0v) is 13.0. The molecular weight excluding hydrogens is 350 g/mol. The monoisotopic (exact) mass is 359 g/mol. The van der Waals surface area contributed by atoms with Crippen molar-refractivity contribution in [3.63, 3.8) is 0 Å². The van der Waals surface area contributed by atoms with Gasteiger partial charge >= 0.3 is 0 Å². The number of hydrogen-bond acceptors (Lipinski definition) is 3. The molecule has 0 bridgehead atoms. The first-order valence-corrected chi connectivity index (χ1v) is 8.23. The van der Waals surface area contributed by atoms with Gasteiger partial charge in [-0.25, -0.2) is 8.42 Å². The van der Waals surface area contributed by atoms with Crippen molar-refractivity contribution in [3.05, 3.63) is 57.5 Å². The summed E-state index contributed by atoms with van der Waals surface area (Å²) in [4.78, 5) is 0.144. The van der Waals surface area contributed by atoms with E-state index in [9.17, 15) is 8.42 Å². The van der Waals surface area contributed by atoms with Crippen LogP contribution in [0.2, 0.25) is 5.02 Å². The van der Waals surface area contributed by atoms with Crippen LogP contribution in [0, 0.1) is 0 Å². The van der Waals surface area contributed by atoms with Gasteiger partial charge in [-0.1, -0.05) is 39.7 Å². The fourth-order valence-electron chi connectivity index (χ4n) is 1.68. The van der Waals surface area contributed by atoms with Crippen LogP contribution in [-0.4, -0.2) is 8.42 Å². The fraction of sp³-hybridized carbons (Fsp3) is 0.0769. The standard InChI is InChI=1S/C13H11BrClNO2S/c14-10-3-6-13(12(16)7-10)19(17,18)8-9-1-4-11(15)5-2-9/h1-7H,8,16H2. The van der Waals surface area contributed by atoms with Crippen molar-refractivity contribution in [3.8, 4) is 0 Å². The molecule has 0 fully saturated rings. The first-order chi connectivity index (χ1) is 8.88. The molecule has 0 heterocycles. The van der Waals surface area contributed by atoms with Crippen molar-refractivity contribution in [2.75, 3.05) is 5.73 Å². The topological polar surface area (TPSA) is 60.2 Å². The van der Waals surface area contributed by atoms with Crippen molar-refractivity contribution in [2.45, 2.75) is 10.6 Å². The van der Waals surface area contributed by atoms with Gasteiger partial charge in [0.05, 0.1) is 16.3 Å². The Morgan fingerprint density at radius 3 is 2.32 bits per heavy atom. The van der Waals surface area contributed by atoms with Gasteiger partial charge in [0.1, 0.15) is 0 Å². The molecular formula is C13H11BrClNO2S. The van der Waals surface area contributed by atoms with E-state index < -0.39 is 9.84 Å². The third-order valence-corrected chi connectivity index (χ3v) is 5.08. The number of rotatable bonds is 3. The average Bonchev–Trinajstić information content (AvgIpc) is 2.31.